The summed E-state index contributed by atoms with van der Waals surface area (Å²) in [6, 6.07) is 14.6. The minimum Gasteiger partial charge on any atom is -0.192 e. The van der Waals surface area contributed by atoms with E-state index in [0.29, 0.717) is 11.4 Å². The van der Waals surface area contributed by atoms with Crippen LogP contribution in [0.2, 0.25) is 0 Å². The molecular weight excluding hydrogens is 194 g/mol. The van der Waals surface area contributed by atoms with Gasteiger partial charge in [-0.2, -0.15) is 5.26 Å². The standard InChI is InChI=1S/C12H7ClN/c13-7-9-4-5-10-2-1-3-11(8-14)12(10)6-9/h1-2,4-6H,7H2. The molecule has 0 unspecified atom stereocenters. The average molecular weight is 201 g/mol. The quantitative estimate of drug-likeness (QED) is 0.649. The zero-order chi connectivity index (χ0) is 9.97. The number of nitriles is 1. The Hall–Kier alpha value is -1.52. The van der Waals surface area contributed by atoms with Crippen molar-refractivity contribution in [2.45, 2.75) is 5.88 Å². The number of hydrogen-bond acceptors (Lipinski definition) is 1. The molecule has 1 nitrogen and oxygen atoms in total. The van der Waals surface area contributed by atoms with Crippen LogP contribution in [0.4, 0.5) is 0 Å². The molecule has 0 heterocycles. The second-order valence-electron chi connectivity index (χ2n) is 3.02. The third-order valence-electron chi connectivity index (χ3n) is 2.14. The largest absolute Gasteiger partial charge is 0.192 e. The van der Waals surface area contributed by atoms with E-state index in [1.165, 1.54) is 0 Å². The zero-order valence-electron chi connectivity index (χ0n) is 7.42. The summed E-state index contributed by atoms with van der Waals surface area (Å²) in [5.41, 5.74) is 1.60. The van der Waals surface area contributed by atoms with Gasteiger partial charge in [-0.05, 0) is 17.0 Å². The predicted octanol–water partition coefficient (Wildman–Crippen LogP) is 3.25. The Morgan fingerprint density at radius 3 is 2.93 bits per heavy atom. The van der Waals surface area contributed by atoms with Gasteiger partial charge in [0.15, 0.2) is 0 Å². The Labute approximate surface area is 87.5 Å². The van der Waals surface area contributed by atoms with Crippen LogP contribution in [0.1, 0.15) is 11.1 Å². The van der Waals surface area contributed by atoms with Gasteiger partial charge in [0.05, 0.1) is 5.56 Å². The topological polar surface area (TPSA) is 23.8 Å². The summed E-state index contributed by atoms with van der Waals surface area (Å²) in [7, 11) is 0. The summed E-state index contributed by atoms with van der Waals surface area (Å²) in [6.07, 6.45) is 0. The Kier molecular flexibility index (Phi) is 2.39. The second kappa shape index (κ2) is 3.69. The summed E-state index contributed by atoms with van der Waals surface area (Å²) in [6.45, 7) is 0. The molecule has 0 fully saturated rings. The van der Waals surface area contributed by atoms with Gasteiger partial charge in [0.1, 0.15) is 6.07 Å². The Morgan fingerprint density at radius 1 is 1.36 bits per heavy atom. The fraction of sp³-hybridized carbons (Fsp3) is 0.0833. The smallest absolute Gasteiger partial charge is 0.100 e. The molecule has 14 heavy (non-hydrogen) atoms. The van der Waals surface area contributed by atoms with E-state index in [1.807, 2.05) is 24.3 Å². The molecule has 0 saturated carbocycles. The van der Waals surface area contributed by atoms with Crippen LogP contribution in [0.5, 0.6) is 0 Å². The van der Waals surface area contributed by atoms with E-state index < -0.39 is 0 Å². The van der Waals surface area contributed by atoms with E-state index >= 15 is 0 Å². The first-order valence-corrected chi connectivity index (χ1v) is 4.78. The number of nitrogens with zero attached hydrogens (tertiary/aromatic N) is 1. The number of halogens is 1. The fourth-order valence-electron chi connectivity index (χ4n) is 1.43. The molecule has 0 aliphatic rings. The summed E-state index contributed by atoms with van der Waals surface area (Å²) >= 11 is 5.73. The summed E-state index contributed by atoms with van der Waals surface area (Å²) in [5, 5.41) is 10.9. The number of hydrogen-bond donors (Lipinski definition) is 0. The van der Waals surface area contributed by atoms with Crippen LogP contribution in [-0.2, 0) is 5.88 Å². The maximum absolute atomic E-state index is 8.88. The van der Waals surface area contributed by atoms with Gasteiger partial charge in [-0.15, -0.1) is 11.6 Å². The van der Waals surface area contributed by atoms with Crippen LogP contribution >= 0.6 is 11.6 Å². The molecule has 2 aromatic carbocycles. The van der Waals surface area contributed by atoms with Crippen molar-refractivity contribution in [3.8, 4) is 6.07 Å². The molecule has 0 bridgehead atoms. The molecule has 1 radical (unpaired) electrons. The molecule has 0 aromatic heterocycles. The molecular formula is C12H7ClN. The molecule has 0 N–H and O–H groups in total. The maximum Gasteiger partial charge on any atom is 0.100 e. The van der Waals surface area contributed by atoms with Crippen LogP contribution in [0.3, 0.4) is 0 Å². The van der Waals surface area contributed by atoms with E-state index in [1.54, 1.807) is 6.07 Å². The van der Waals surface area contributed by atoms with Gasteiger partial charge in [0, 0.05) is 17.3 Å². The molecule has 0 aliphatic carbocycles. The minimum atomic E-state index is 0.468. The van der Waals surface area contributed by atoms with Crippen LogP contribution in [0.15, 0.2) is 30.3 Å². The van der Waals surface area contributed by atoms with Crippen LogP contribution in [-0.4, -0.2) is 0 Å². The molecule has 0 amide bonds. The van der Waals surface area contributed by atoms with Gasteiger partial charge >= 0.3 is 0 Å². The van der Waals surface area contributed by atoms with Crippen molar-refractivity contribution in [2.24, 2.45) is 0 Å². The van der Waals surface area contributed by atoms with Gasteiger partial charge in [-0.3, -0.25) is 0 Å². The number of benzene rings is 2. The maximum atomic E-state index is 8.88. The van der Waals surface area contributed by atoms with Gasteiger partial charge in [-0.1, -0.05) is 24.3 Å². The van der Waals surface area contributed by atoms with Crippen molar-refractivity contribution >= 4 is 22.4 Å². The van der Waals surface area contributed by atoms with Crippen LogP contribution in [0, 0.1) is 17.4 Å². The molecule has 67 valence electrons. The van der Waals surface area contributed by atoms with Crippen LogP contribution in [0.25, 0.3) is 10.8 Å². The van der Waals surface area contributed by atoms with Crippen molar-refractivity contribution in [2.75, 3.05) is 0 Å². The molecule has 0 saturated heterocycles. The molecule has 2 aromatic rings. The minimum absolute atomic E-state index is 0.468. The average Bonchev–Trinajstić information content (AvgIpc) is 2.27. The number of fused-ring (bicyclic) bond motifs is 1. The van der Waals surface area contributed by atoms with Crippen molar-refractivity contribution in [1.82, 2.24) is 0 Å². The monoisotopic (exact) mass is 200 g/mol. The fourth-order valence-corrected chi connectivity index (χ4v) is 1.60. The highest BCUT2D eigenvalue weighted by atomic mass is 35.5. The predicted molar refractivity (Wildman–Crippen MR) is 57.1 cm³/mol. The van der Waals surface area contributed by atoms with Gasteiger partial charge < -0.3 is 0 Å². The van der Waals surface area contributed by atoms with E-state index in [2.05, 4.69) is 12.1 Å². The number of rotatable bonds is 1. The molecule has 0 aliphatic heterocycles. The van der Waals surface area contributed by atoms with E-state index in [9.17, 15) is 0 Å². The van der Waals surface area contributed by atoms with Crippen molar-refractivity contribution < 1.29 is 0 Å². The lowest BCUT2D eigenvalue weighted by Gasteiger charge is -2.01. The van der Waals surface area contributed by atoms with Gasteiger partial charge in [-0.25, -0.2) is 0 Å². The first-order chi connectivity index (χ1) is 6.85. The van der Waals surface area contributed by atoms with Crippen molar-refractivity contribution in [3.63, 3.8) is 0 Å². The first kappa shape index (κ1) is 9.05. The van der Waals surface area contributed by atoms with E-state index in [-0.39, 0.29) is 0 Å². The summed E-state index contributed by atoms with van der Waals surface area (Å²) < 4.78 is 0. The lowest BCUT2D eigenvalue weighted by Crippen LogP contribution is -1.83. The summed E-state index contributed by atoms with van der Waals surface area (Å²) in [4.78, 5) is 0. The first-order valence-electron chi connectivity index (χ1n) is 4.24. The molecule has 2 heteroatoms. The molecule has 2 rings (SSSR count). The van der Waals surface area contributed by atoms with Gasteiger partial charge in [0.2, 0.25) is 0 Å². The highest BCUT2D eigenvalue weighted by Gasteiger charge is 2.00. The van der Waals surface area contributed by atoms with Crippen molar-refractivity contribution in [3.05, 3.63) is 47.5 Å². The highest BCUT2D eigenvalue weighted by Crippen LogP contribution is 2.20. The molecule has 0 atom stereocenters. The SMILES string of the molecule is N#Cc1[c]ccc2ccc(CCl)cc12. The summed E-state index contributed by atoms with van der Waals surface area (Å²) in [5.74, 6) is 0.468. The third-order valence-corrected chi connectivity index (χ3v) is 2.45. The van der Waals surface area contributed by atoms with Gasteiger partial charge in [0.25, 0.3) is 0 Å². The molecule has 0 spiro atoms. The van der Waals surface area contributed by atoms with Crippen molar-refractivity contribution in [1.29, 1.82) is 5.26 Å². The normalized spacial score (nSPS) is 10.0. The van der Waals surface area contributed by atoms with E-state index in [4.69, 9.17) is 16.9 Å². The second-order valence-corrected chi connectivity index (χ2v) is 3.29. The third kappa shape index (κ3) is 1.45. The number of alkyl halides is 1. The zero-order valence-corrected chi connectivity index (χ0v) is 8.17. The van der Waals surface area contributed by atoms with Crippen LogP contribution < -0.4 is 0 Å². The van der Waals surface area contributed by atoms with E-state index in [0.717, 1.165) is 16.3 Å². The Bertz CT molecular complexity index is 511. The Morgan fingerprint density at radius 2 is 2.21 bits per heavy atom. The highest BCUT2D eigenvalue weighted by molar-refractivity contribution is 6.17. The lowest BCUT2D eigenvalue weighted by atomic mass is 10.0. The Balaban J connectivity index is 2.78. The lowest BCUT2D eigenvalue weighted by molar-refractivity contribution is 1.42.